The minimum Gasteiger partial charge on any atom is -0.497 e. The summed E-state index contributed by atoms with van der Waals surface area (Å²) in [5.74, 6) is -2.11. The maximum absolute atomic E-state index is 15.3. The molecule has 2 aromatic carbocycles. The third kappa shape index (κ3) is 6.78. The van der Waals surface area contributed by atoms with E-state index in [-0.39, 0.29) is 29.4 Å². The molecule has 0 aliphatic carbocycles. The number of nitrogens with zero attached hydrogens (tertiary/aromatic N) is 5. The number of rotatable bonds is 10. The summed E-state index contributed by atoms with van der Waals surface area (Å²) in [7, 11) is -0.102. The summed E-state index contributed by atoms with van der Waals surface area (Å²) >= 11 is 6.30. The number of nitrogens with one attached hydrogen (secondary N) is 1. The van der Waals surface area contributed by atoms with E-state index in [1.165, 1.54) is 55.8 Å². The Hall–Kier alpha value is -4.22. The molecule has 6 rings (SSSR count). The van der Waals surface area contributed by atoms with Gasteiger partial charge in [-0.3, -0.25) is 15.0 Å². The predicted molar refractivity (Wildman–Crippen MR) is 185 cm³/mol. The maximum Gasteiger partial charge on any atom is 0.427 e. The van der Waals surface area contributed by atoms with Gasteiger partial charge < -0.3 is 23.9 Å². The smallest absolute Gasteiger partial charge is 0.427 e. The number of pyridine rings is 1. The first kappa shape index (κ1) is 36.6. The molecule has 17 heteroatoms. The van der Waals surface area contributed by atoms with Crippen LogP contribution in [0.4, 0.5) is 14.9 Å². The second-order valence-corrected chi connectivity index (χ2v) is 14.6. The normalized spacial score (nSPS) is 20.6. The van der Waals surface area contributed by atoms with E-state index in [1.807, 2.05) is 0 Å². The van der Waals surface area contributed by atoms with Crippen LogP contribution in [0, 0.1) is 5.82 Å². The van der Waals surface area contributed by atoms with Gasteiger partial charge in [-0.15, -0.1) is 5.06 Å². The number of piperazine rings is 1. The topological polar surface area (TPSA) is 143 Å². The van der Waals surface area contributed by atoms with Crippen molar-refractivity contribution in [2.45, 2.75) is 36.2 Å². The molecule has 1 aromatic heterocycles. The first-order chi connectivity index (χ1) is 24.4. The number of halogens is 2. The fourth-order valence-electron chi connectivity index (χ4n) is 6.90. The molecular formula is C34H40ClFN6O8S. The molecule has 4 heterocycles. The number of carbonyl (C=O) groups excluding carboxylic acids is 2. The maximum atomic E-state index is 15.3. The standard InChI is InChI=1S/C34H40ClFN6O8S/c1-5-49-31-24(7-6-12-37-31)34(38-33(44)50-41-17-15-40(16-18-41)22-10-13-39(2)14-11-22)25-20-26(35)27(36)21-28(25)42(32(34)43)51(45,46)30-9-8-23(47-3)19-29(30)48-4/h6-9,12,19-22H,5,10-11,13-18H2,1-4H3,(H,38,44). The highest BCUT2D eigenvalue weighted by atomic mass is 35.5. The number of fused-ring (bicyclic) bond motifs is 1. The largest absolute Gasteiger partial charge is 0.497 e. The van der Waals surface area contributed by atoms with Gasteiger partial charge in [0.2, 0.25) is 5.88 Å². The molecule has 14 nitrogen and oxygen atoms in total. The van der Waals surface area contributed by atoms with Crippen molar-refractivity contribution < 1.29 is 41.4 Å². The zero-order valence-corrected chi connectivity index (χ0v) is 30.3. The van der Waals surface area contributed by atoms with Gasteiger partial charge in [0.25, 0.3) is 15.9 Å². The van der Waals surface area contributed by atoms with Gasteiger partial charge in [-0.1, -0.05) is 11.6 Å². The summed E-state index contributed by atoms with van der Waals surface area (Å²) in [4.78, 5) is 43.3. The molecule has 1 atom stereocenters. The van der Waals surface area contributed by atoms with Crippen LogP contribution in [0.3, 0.4) is 0 Å². The van der Waals surface area contributed by atoms with Crippen LogP contribution in [0.1, 0.15) is 30.9 Å². The van der Waals surface area contributed by atoms with Crippen LogP contribution in [0.15, 0.2) is 53.6 Å². The van der Waals surface area contributed by atoms with E-state index in [9.17, 15) is 13.2 Å². The van der Waals surface area contributed by atoms with Crippen LogP contribution >= 0.6 is 11.6 Å². The van der Waals surface area contributed by atoms with E-state index in [0.29, 0.717) is 42.3 Å². The van der Waals surface area contributed by atoms with Crippen molar-refractivity contribution in [1.29, 1.82) is 0 Å². The summed E-state index contributed by atoms with van der Waals surface area (Å²) < 4.78 is 61.1. The minimum absolute atomic E-state index is 0.0239. The van der Waals surface area contributed by atoms with Crippen LogP contribution < -0.4 is 23.8 Å². The van der Waals surface area contributed by atoms with Crippen molar-refractivity contribution in [2.75, 3.05) is 71.4 Å². The number of benzene rings is 2. The Labute approximate surface area is 301 Å². The zero-order chi connectivity index (χ0) is 36.5. The summed E-state index contributed by atoms with van der Waals surface area (Å²) in [6.45, 7) is 5.99. The number of sulfonamides is 1. The third-order valence-corrected chi connectivity index (χ3v) is 11.5. The Bertz CT molecular complexity index is 1910. The van der Waals surface area contributed by atoms with Gasteiger partial charge >= 0.3 is 6.09 Å². The molecule has 2 saturated heterocycles. The van der Waals surface area contributed by atoms with Crippen LogP contribution in [0.2, 0.25) is 5.02 Å². The van der Waals surface area contributed by atoms with Crippen molar-refractivity contribution in [2.24, 2.45) is 0 Å². The second-order valence-electron chi connectivity index (χ2n) is 12.4. The molecule has 2 amide bonds. The molecule has 0 bridgehead atoms. The molecule has 2 fully saturated rings. The minimum atomic E-state index is -4.86. The van der Waals surface area contributed by atoms with Crippen LogP contribution in [-0.4, -0.2) is 113 Å². The first-order valence-electron chi connectivity index (χ1n) is 16.5. The highest BCUT2D eigenvalue weighted by Crippen LogP contribution is 2.51. The Kier molecular flexibility index (Phi) is 10.6. The lowest BCUT2D eigenvalue weighted by molar-refractivity contribution is -0.133. The molecule has 0 saturated carbocycles. The van der Waals surface area contributed by atoms with Gasteiger partial charge in [0.1, 0.15) is 22.2 Å². The number of piperidine rings is 1. The van der Waals surface area contributed by atoms with Gasteiger partial charge in [0.15, 0.2) is 5.54 Å². The average Bonchev–Trinajstić information content (AvgIpc) is 3.35. The quantitative estimate of drug-likeness (QED) is 0.324. The summed E-state index contributed by atoms with van der Waals surface area (Å²) in [6, 6.07) is 9.25. The molecule has 3 aromatic rings. The van der Waals surface area contributed by atoms with E-state index in [2.05, 4.69) is 27.1 Å². The Balaban J connectivity index is 1.40. The first-order valence-corrected chi connectivity index (χ1v) is 18.3. The number of amides is 2. The molecule has 3 aliphatic heterocycles. The lowest BCUT2D eigenvalue weighted by Gasteiger charge is -2.41. The van der Waals surface area contributed by atoms with Gasteiger partial charge in [-0.25, -0.2) is 22.6 Å². The van der Waals surface area contributed by atoms with E-state index < -0.39 is 49.0 Å². The number of anilines is 1. The average molecular weight is 747 g/mol. The number of hydroxylamine groups is 2. The van der Waals surface area contributed by atoms with Crippen LogP contribution in [-0.2, 0) is 25.2 Å². The number of ether oxygens (including phenoxy) is 3. The van der Waals surface area contributed by atoms with E-state index in [4.69, 9.17) is 30.6 Å². The van der Waals surface area contributed by atoms with Crippen molar-refractivity contribution in [3.05, 3.63) is 70.6 Å². The van der Waals surface area contributed by atoms with Crippen molar-refractivity contribution in [1.82, 2.24) is 25.2 Å². The Morgan fingerprint density at radius 2 is 1.76 bits per heavy atom. The van der Waals surface area contributed by atoms with E-state index in [1.54, 1.807) is 6.92 Å². The molecule has 0 radical (unpaired) electrons. The van der Waals surface area contributed by atoms with Crippen LogP contribution in [0.5, 0.6) is 17.4 Å². The molecule has 3 aliphatic rings. The monoisotopic (exact) mass is 746 g/mol. The number of hydrogen-bond acceptors (Lipinski definition) is 12. The summed E-state index contributed by atoms with van der Waals surface area (Å²) in [5.41, 5.74) is -2.92. The Morgan fingerprint density at radius 1 is 1.04 bits per heavy atom. The molecule has 274 valence electrons. The molecule has 0 spiro atoms. The van der Waals surface area contributed by atoms with Crippen molar-refractivity contribution in [3.8, 4) is 17.4 Å². The number of methoxy groups -OCH3 is 2. The number of likely N-dealkylation sites (tertiary alicyclic amines) is 1. The van der Waals surface area contributed by atoms with Crippen molar-refractivity contribution >= 4 is 39.3 Å². The van der Waals surface area contributed by atoms with Gasteiger partial charge in [0.05, 0.1) is 37.1 Å². The predicted octanol–water partition coefficient (Wildman–Crippen LogP) is 3.62. The third-order valence-electron chi connectivity index (χ3n) is 9.49. The fraction of sp³-hybridized carbons (Fsp3) is 0.441. The van der Waals surface area contributed by atoms with Gasteiger partial charge in [-0.05, 0) is 70.2 Å². The fourth-order valence-corrected chi connectivity index (χ4v) is 8.66. The molecule has 1 N–H and O–H groups in total. The SMILES string of the molecule is CCOc1ncccc1C1(NC(=O)ON2CCN(C3CCN(C)CC3)CC2)C(=O)N(S(=O)(=O)c2ccc(OC)cc2OC)c2cc(F)c(Cl)cc21. The van der Waals surface area contributed by atoms with Gasteiger partial charge in [0, 0.05) is 56.1 Å². The van der Waals surface area contributed by atoms with Gasteiger partial charge in [-0.2, -0.15) is 4.31 Å². The summed E-state index contributed by atoms with van der Waals surface area (Å²) in [5, 5.41) is 3.73. The molecular weight excluding hydrogens is 707 g/mol. The second kappa shape index (κ2) is 14.8. The lowest BCUT2D eigenvalue weighted by Crippen LogP contribution is -2.57. The molecule has 1 unspecified atom stereocenters. The number of hydrogen-bond donors (Lipinski definition) is 1. The van der Waals surface area contributed by atoms with E-state index >= 15 is 9.18 Å². The summed E-state index contributed by atoms with van der Waals surface area (Å²) in [6.07, 6.45) is 2.47. The number of aromatic nitrogens is 1. The van der Waals surface area contributed by atoms with Crippen LogP contribution in [0.25, 0.3) is 0 Å². The molecule has 51 heavy (non-hydrogen) atoms. The lowest BCUT2D eigenvalue weighted by atomic mass is 9.84. The Morgan fingerprint density at radius 3 is 2.43 bits per heavy atom. The highest BCUT2D eigenvalue weighted by Gasteiger charge is 2.59. The zero-order valence-electron chi connectivity index (χ0n) is 28.7. The number of carbonyl (C=O) groups is 2. The highest BCUT2D eigenvalue weighted by molar-refractivity contribution is 7.93. The van der Waals surface area contributed by atoms with E-state index in [0.717, 1.165) is 38.1 Å². The van der Waals surface area contributed by atoms with Crippen molar-refractivity contribution in [3.63, 3.8) is 0 Å².